The molecule has 0 heterocycles. The minimum Gasteiger partial charge on any atom is -0.381 e. The molecule has 3 heteroatoms. The molecule has 0 radical (unpaired) electrons. The molecule has 0 aromatic rings. The zero-order valence-corrected chi connectivity index (χ0v) is 10.2. The summed E-state index contributed by atoms with van der Waals surface area (Å²) >= 11 is 0. The van der Waals surface area contributed by atoms with Crippen molar-refractivity contribution in [3.63, 3.8) is 0 Å². The lowest BCUT2D eigenvalue weighted by molar-refractivity contribution is 0.00945. The van der Waals surface area contributed by atoms with Gasteiger partial charge < -0.3 is 15.4 Å². The zero-order chi connectivity index (χ0) is 11.1. The first-order valence-corrected chi connectivity index (χ1v) is 6.27. The molecule has 90 valence electrons. The number of nitrogens with two attached hydrogens (primary N) is 1. The maximum absolute atomic E-state index is 5.60. The van der Waals surface area contributed by atoms with E-state index in [2.05, 4.69) is 11.8 Å². The van der Waals surface area contributed by atoms with Gasteiger partial charge in [-0.05, 0) is 25.3 Å². The molecule has 2 atom stereocenters. The van der Waals surface area contributed by atoms with Gasteiger partial charge in [-0.25, -0.2) is 0 Å². The number of hydrogen-bond acceptors (Lipinski definition) is 3. The molecule has 0 aliphatic heterocycles. The van der Waals surface area contributed by atoms with Crippen LogP contribution in [0.25, 0.3) is 0 Å². The van der Waals surface area contributed by atoms with Crippen LogP contribution in [0.4, 0.5) is 0 Å². The van der Waals surface area contributed by atoms with Gasteiger partial charge in [0.15, 0.2) is 0 Å². The molecule has 1 saturated carbocycles. The first-order valence-electron chi connectivity index (χ1n) is 6.27. The molecule has 2 unspecified atom stereocenters. The molecule has 1 aliphatic carbocycles. The summed E-state index contributed by atoms with van der Waals surface area (Å²) in [7, 11) is 1.85. The Morgan fingerprint density at radius 3 is 2.67 bits per heavy atom. The third-order valence-corrected chi connectivity index (χ3v) is 3.53. The molecular weight excluding hydrogens is 188 g/mol. The monoisotopic (exact) mass is 214 g/mol. The van der Waals surface area contributed by atoms with Crippen molar-refractivity contribution in [1.29, 1.82) is 0 Å². The van der Waals surface area contributed by atoms with Crippen LogP contribution in [0.2, 0.25) is 0 Å². The average Bonchev–Trinajstić information content (AvgIpc) is 2.29. The molecule has 2 N–H and O–H groups in total. The molecule has 0 saturated heterocycles. The Morgan fingerprint density at radius 2 is 2.07 bits per heavy atom. The number of rotatable bonds is 6. The van der Waals surface area contributed by atoms with Gasteiger partial charge >= 0.3 is 0 Å². The van der Waals surface area contributed by atoms with Crippen molar-refractivity contribution < 1.29 is 4.74 Å². The van der Waals surface area contributed by atoms with E-state index in [1.165, 1.54) is 25.7 Å². The Hall–Kier alpha value is -0.120. The highest BCUT2D eigenvalue weighted by Crippen LogP contribution is 2.27. The maximum atomic E-state index is 5.60. The van der Waals surface area contributed by atoms with Gasteiger partial charge in [0.05, 0.1) is 6.10 Å². The van der Waals surface area contributed by atoms with Crippen molar-refractivity contribution in [3.05, 3.63) is 0 Å². The lowest BCUT2D eigenvalue weighted by Crippen LogP contribution is -2.39. The van der Waals surface area contributed by atoms with Gasteiger partial charge in [0.25, 0.3) is 0 Å². The van der Waals surface area contributed by atoms with Crippen LogP contribution in [0.3, 0.4) is 0 Å². The van der Waals surface area contributed by atoms with Crippen LogP contribution in [0, 0.1) is 5.92 Å². The smallest absolute Gasteiger partial charge is 0.0611 e. The van der Waals surface area contributed by atoms with Gasteiger partial charge in [-0.2, -0.15) is 0 Å². The van der Waals surface area contributed by atoms with Crippen LogP contribution in [0.15, 0.2) is 0 Å². The summed E-state index contributed by atoms with van der Waals surface area (Å²) in [5, 5.41) is 0. The number of hydrogen-bond donors (Lipinski definition) is 1. The van der Waals surface area contributed by atoms with Gasteiger partial charge in [-0.15, -0.1) is 0 Å². The van der Waals surface area contributed by atoms with E-state index in [4.69, 9.17) is 10.5 Å². The standard InChI is InChI=1S/C12H26N2O/c1-3-14(9-8-13)10-11-6-4-5-7-12(11)15-2/h11-12H,3-10,13H2,1-2H3. The molecule has 15 heavy (non-hydrogen) atoms. The van der Waals surface area contributed by atoms with E-state index in [0.717, 1.165) is 32.1 Å². The summed E-state index contributed by atoms with van der Waals surface area (Å²) in [5.74, 6) is 0.718. The molecule has 3 nitrogen and oxygen atoms in total. The lowest BCUT2D eigenvalue weighted by atomic mass is 9.86. The molecule has 1 fully saturated rings. The van der Waals surface area contributed by atoms with Crippen molar-refractivity contribution >= 4 is 0 Å². The third-order valence-electron chi connectivity index (χ3n) is 3.53. The summed E-state index contributed by atoms with van der Waals surface area (Å²) in [6.45, 7) is 6.25. The average molecular weight is 214 g/mol. The second kappa shape index (κ2) is 7.20. The molecule has 0 aromatic heterocycles. The quantitative estimate of drug-likeness (QED) is 0.728. The number of likely N-dealkylation sites (N-methyl/N-ethyl adjacent to an activating group) is 1. The Balaban J connectivity index is 2.38. The van der Waals surface area contributed by atoms with Crippen LogP contribution < -0.4 is 5.73 Å². The molecular formula is C12H26N2O. The maximum Gasteiger partial charge on any atom is 0.0611 e. The number of nitrogens with zero attached hydrogens (tertiary/aromatic N) is 1. The van der Waals surface area contributed by atoms with Crippen molar-refractivity contribution in [2.45, 2.75) is 38.7 Å². The van der Waals surface area contributed by atoms with Gasteiger partial charge in [0.2, 0.25) is 0 Å². The normalized spacial score (nSPS) is 27.2. The molecule has 0 aromatic carbocycles. The second-order valence-electron chi connectivity index (χ2n) is 4.50. The molecule has 1 rings (SSSR count). The first-order chi connectivity index (χ1) is 7.31. The summed E-state index contributed by atoms with van der Waals surface area (Å²) in [6.07, 6.45) is 5.73. The van der Waals surface area contributed by atoms with Crippen molar-refractivity contribution in [2.75, 3.05) is 33.3 Å². The van der Waals surface area contributed by atoms with Crippen LogP contribution in [0.5, 0.6) is 0 Å². The lowest BCUT2D eigenvalue weighted by Gasteiger charge is -2.34. The summed E-state index contributed by atoms with van der Waals surface area (Å²) in [6, 6.07) is 0. The fraction of sp³-hybridized carbons (Fsp3) is 1.00. The van der Waals surface area contributed by atoms with Crippen LogP contribution in [-0.4, -0.2) is 44.3 Å². The van der Waals surface area contributed by atoms with E-state index < -0.39 is 0 Å². The molecule has 0 amide bonds. The second-order valence-corrected chi connectivity index (χ2v) is 4.50. The Labute approximate surface area is 94.0 Å². The molecule has 0 spiro atoms. The van der Waals surface area contributed by atoms with Gasteiger partial charge in [0, 0.05) is 26.7 Å². The van der Waals surface area contributed by atoms with E-state index in [0.29, 0.717) is 6.10 Å². The zero-order valence-electron chi connectivity index (χ0n) is 10.2. The largest absolute Gasteiger partial charge is 0.381 e. The van der Waals surface area contributed by atoms with Crippen molar-refractivity contribution in [3.8, 4) is 0 Å². The Morgan fingerprint density at radius 1 is 1.33 bits per heavy atom. The molecule has 1 aliphatic rings. The minimum atomic E-state index is 0.477. The fourth-order valence-corrected chi connectivity index (χ4v) is 2.59. The summed E-state index contributed by atoms with van der Waals surface area (Å²) in [4.78, 5) is 2.45. The van der Waals surface area contributed by atoms with E-state index in [1.807, 2.05) is 7.11 Å². The number of methoxy groups -OCH3 is 1. The Kier molecular flexibility index (Phi) is 6.22. The number of ether oxygens (including phenoxy) is 1. The van der Waals surface area contributed by atoms with E-state index in [-0.39, 0.29) is 0 Å². The van der Waals surface area contributed by atoms with E-state index in [9.17, 15) is 0 Å². The highest BCUT2D eigenvalue weighted by Gasteiger charge is 2.25. The predicted octanol–water partition coefficient (Wildman–Crippen LogP) is 1.47. The van der Waals surface area contributed by atoms with Gasteiger partial charge in [-0.3, -0.25) is 0 Å². The van der Waals surface area contributed by atoms with Crippen molar-refractivity contribution in [2.24, 2.45) is 11.7 Å². The molecule has 0 bridgehead atoms. The Bertz CT molecular complexity index is 164. The highest BCUT2D eigenvalue weighted by atomic mass is 16.5. The van der Waals surface area contributed by atoms with Crippen molar-refractivity contribution in [1.82, 2.24) is 4.90 Å². The predicted molar refractivity (Wildman–Crippen MR) is 63.9 cm³/mol. The summed E-state index contributed by atoms with van der Waals surface area (Å²) < 4.78 is 5.57. The first kappa shape index (κ1) is 12.9. The van der Waals surface area contributed by atoms with Crippen LogP contribution >= 0.6 is 0 Å². The van der Waals surface area contributed by atoms with E-state index >= 15 is 0 Å². The van der Waals surface area contributed by atoms with Gasteiger partial charge in [-0.1, -0.05) is 19.8 Å². The van der Waals surface area contributed by atoms with E-state index in [1.54, 1.807) is 0 Å². The van der Waals surface area contributed by atoms with Gasteiger partial charge in [0.1, 0.15) is 0 Å². The third kappa shape index (κ3) is 4.09. The van der Waals surface area contributed by atoms with Crippen LogP contribution in [0.1, 0.15) is 32.6 Å². The SMILES string of the molecule is CCN(CCN)CC1CCCCC1OC. The topological polar surface area (TPSA) is 38.5 Å². The minimum absolute atomic E-state index is 0.477. The van der Waals surface area contributed by atoms with Crippen LogP contribution in [-0.2, 0) is 4.74 Å². The summed E-state index contributed by atoms with van der Waals surface area (Å²) in [5.41, 5.74) is 5.60. The fourth-order valence-electron chi connectivity index (χ4n) is 2.59. The highest BCUT2D eigenvalue weighted by molar-refractivity contribution is 4.78.